The van der Waals surface area contributed by atoms with E-state index in [2.05, 4.69) is 20.6 Å². The number of carbonyl (C=O) groups excluding carboxylic acids is 1. The molecular formula is C22H17ClN4O. The predicted molar refractivity (Wildman–Crippen MR) is 113 cm³/mol. The summed E-state index contributed by atoms with van der Waals surface area (Å²) in [5, 5.41) is 7.74. The van der Waals surface area contributed by atoms with Crippen LogP contribution in [0.1, 0.15) is 15.9 Å². The van der Waals surface area contributed by atoms with Crippen molar-refractivity contribution in [3.8, 4) is 0 Å². The minimum Gasteiger partial charge on any atom is -0.340 e. The topological polar surface area (TPSA) is 66.9 Å². The molecule has 0 fully saturated rings. The number of anilines is 3. The fourth-order valence-electron chi connectivity index (χ4n) is 2.86. The highest BCUT2D eigenvalue weighted by molar-refractivity contribution is 6.31. The van der Waals surface area contributed by atoms with Crippen LogP contribution in [0, 0.1) is 6.92 Å². The number of nitrogens with zero attached hydrogens (tertiary/aromatic N) is 2. The van der Waals surface area contributed by atoms with E-state index in [1.165, 1.54) is 0 Å². The van der Waals surface area contributed by atoms with Gasteiger partial charge in [0.2, 0.25) is 0 Å². The van der Waals surface area contributed by atoms with Gasteiger partial charge in [0.25, 0.3) is 5.91 Å². The summed E-state index contributed by atoms with van der Waals surface area (Å²) in [6, 6.07) is 18.5. The zero-order valence-corrected chi connectivity index (χ0v) is 15.9. The number of aromatic nitrogens is 2. The predicted octanol–water partition coefficient (Wildman–Crippen LogP) is 5.59. The van der Waals surface area contributed by atoms with E-state index in [1.54, 1.807) is 24.5 Å². The number of hydrogen-bond donors (Lipinski definition) is 2. The summed E-state index contributed by atoms with van der Waals surface area (Å²) in [4.78, 5) is 21.4. The third-order valence-electron chi connectivity index (χ3n) is 4.35. The van der Waals surface area contributed by atoms with Crippen molar-refractivity contribution < 1.29 is 4.79 Å². The molecule has 0 saturated carbocycles. The summed E-state index contributed by atoms with van der Waals surface area (Å²) in [5.74, 6) is 0.328. The molecule has 0 bridgehead atoms. The lowest BCUT2D eigenvalue weighted by molar-refractivity contribution is 0.102. The molecular weight excluding hydrogens is 372 g/mol. The van der Waals surface area contributed by atoms with E-state index in [1.807, 2.05) is 55.5 Å². The molecule has 0 aliphatic heterocycles. The number of halogens is 1. The van der Waals surface area contributed by atoms with Crippen molar-refractivity contribution in [2.45, 2.75) is 6.92 Å². The molecule has 4 rings (SSSR count). The second-order valence-corrected chi connectivity index (χ2v) is 6.76. The SMILES string of the molecule is Cc1ccc(Nc2cc(C(=O)Nc3cccc4cccnc34)ccn2)cc1Cl. The Bertz CT molecular complexity index is 1170. The number of para-hydroxylation sites is 1. The number of hydrogen-bond acceptors (Lipinski definition) is 4. The van der Waals surface area contributed by atoms with Gasteiger partial charge in [-0.05, 0) is 48.9 Å². The Morgan fingerprint density at radius 2 is 1.82 bits per heavy atom. The molecule has 0 aliphatic carbocycles. The third kappa shape index (κ3) is 3.80. The van der Waals surface area contributed by atoms with Crippen LogP contribution in [0.4, 0.5) is 17.2 Å². The Kier molecular flexibility index (Phi) is 4.91. The molecule has 28 heavy (non-hydrogen) atoms. The summed E-state index contributed by atoms with van der Waals surface area (Å²) in [6.07, 6.45) is 3.30. The quantitative estimate of drug-likeness (QED) is 0.478. The fraction of sp³-hybridized carbons (Fsp3) is 0.0455. The first-order valence-electron chi connectivity index (χ1n) is 8.74. The van der Waals surface area contributed by atoms with Crippen LogP contribution in [0.2, 0.25) is 5.02 Å². The monoisotopic (exact) mass is 388 g/mol. The normalized spacial score (nSPS) is 10.6. The molecule has 2 heterocycles. The first-order chi connectivity index (χ1) is 13.6. The van der Waals surface area contributed by atoms with Crippen molar-refractivity contribution in [2.75, 3.05) is 10.6 Å². The lowest BCUT2D eigenvalue weighted by Gasteiger charge is -2.10. The second-order valence-electron chi connectivity index (χ2n) is 6.35. The van der Waals surface area contributed by atoms with Gasteiger partial charge in [0.05, 0.1) is 11.2 Å². The van der Waals surface area contributed by atoms with E-state index >= 15 is 0 Å². The Hall–Kier alpha value is -3.44. The van der Waals surface area contributed by atoms with E-state index in [4.69, 9.17) is 11.6 Å². The van der Waals surface area contributed by atoms with Gasteiger partial charge < -0.3 is 10.6 Å². The van der Waals surface area contributed by atoms with Crippen molar-refractivity contribution in [1.29, 1.82) is 0 Å². The van der Waals surface area contributed by atoms with Gasteiger partial charge in [-0.1, -0.05) is 35.9 Å². The van der Waals surface area contributed by atoms with Crippen LogP contribution in [0.25, 0.3) is 10.9 Å². The van der Waals surface area contributed by atoms with E-state index in [-0.39, 0.29) is 5.91 Å². The van der Waals surface area contributed by atoms with Crippen molar-refractivity contribution in [1.82, 2.24) is 9.97 Å². The van der Waals surface area contributed by atoms with Gasteiger partial charge in [0.15, 0.2) is 0 Å². The fourth-order valence-corrected chi connectivity index (χ4v) is 3.04. The van der Waals surface area contributed by atoms with Gasteiger partial charge in [0, 0.05) is 34.1 Å². The molecule has 5 nitrogen and oxygen atoms in total. The minimum atomic E-state index is -0.231. The summed E-state index contributed by atoms with van der Waals surface area (Å²) < 4.78 is 0. The molecule has 0 atom stereocenters. The highest BCUT2D eigenvalue weighted by atomic mass is 35.5. The summed E-state index contributed by atoms with van der Waals surface area (Å²) in [7, 11) is 0. The molecule has 0 radical (unpaired) electrons. The maximum absolute atomic E-state index is 12.7. The standard InChI is InChI=1S/C22H17ClN4O/c1-14-7-8-17(13-18(14)23)26-20-12-16(9-11-24-20)22(28)27-19-6-2-4-15-5-3-10-25-21(15)19/h2-13H,1H3,(H,24,26)(H,27,28). The van der Waals surface area contributed by atoms with Gasteiger partial charge in [-0.25, -0.2) is 4.98 Å². The molecule has 0 aliphatic rings. The molecule has 2 aromatic heterocycles. The Morgan fingerprint density at radius 3 is 2.68 bits per heavy atom. The number of fused-ring (bicyclic) bond motifs is 1. The van der Waals surface area contributed by atoms with Crippen LogP contribution >= 0.6 is 11.6 Å². The maximum atomic E-state index is 12.7. The number of amides is 1. The molecule has 0 spiro atoms. The molecule has 4 aromatic rings. The average molecular weight is 389 g/mol. The number of carbonyl (C=O) groups is 1. The first-order valence-corrected chi connectivity index (χ1v) is 9.12. The Labute approximate surface area is 167 Å². The number of pyridine rings is 2. The number of rotatable bonds is 4. The maximum Gasteiger partial charge on any atom is 0.255 e. The summed E-state index contributed by atoms with van der Waals surface area (Å²) in [6.45, 7) is 1.94. The molecule has 0 saturated heterocycles. The van der Waals surface area contributed by atoms with E-state index in [0.29, 0.717) is 22.1 Å². The number of nitrogens with one attached hydrogen (secondary N) is 2. The highest BCUT2D eigenvalue weighted by Crippen LogP contribution is 2.24. The first kappa shape index (κ1) is 17.9. The van der Waals surface area contributed by atoms with Crippen LogP contribution < -0.4 is 10.6 Å². The molecule has 138 valence electrons. The summed E-state index contributed by atoms with van der Waals surface area (Å²) in [5.41, 5.74) is 3.71. The lowest BCUT2D eigenvalue weighted by atomic mass is 10.1. The van der Waals surface area contributed by atoms with Gasteiger partial charge in [-0.15, -0.1) is 0 Å². The van der Waals surface area contributed by atoms with E-state index in [0.717, 1.165) is 22.2 Å². The van der Waals surface area contributed by atoms with Crippen molar-refractivity contribution in [2.24, 2.45) is 0 Å². The van der Waals surface area contributed by atoms with Gasteiger partial charge in [0.1, 0.15) is 5.82 Å². The molecule has 1 amide bonds. The van der Waals surface area contributed by atoms with E-state index < -0.39 is 0 Å². The van der Waals surface area contributed by atoms with Gasteiger partial charge >= 0.3 is 0 Å². The van der Waals surface area contributed by atoms with E-state index in [9.17, 15) is 4.79 Å². The molecule has 2 aromatic carbocycles. The van der Waals surface area contributed by atoms with Crippen LogP contribution in [0.15, 0.2) is 73.1 Å². The summed E-state index contributed by atoms with van der Waals surface area (Å²) >= 11 is 6.17. The second kappa shape index (κ2) is 7.66. The molecule has 2 N–H and O–H groups in total. The zero-order valence-electron chi connectivity index (χ0n) is 15.1. The zero-order chi connectivity index (χ0) is 19.5. The van der Waals surface area contributed by atoms with Crippen LogP contribution in [-0.2, 0) is 0 Å². The van der Waals surface area contributed by atoms with Gasteiger partial charge in [-0.3, -0.25) is 9.78 Å². The molecule has 0 unspecified atom stereocenters. The van der Waals surface area contributed by atoms with Crippen molar-refractivity contribution >= 4 is 45.6 Å². The lowest BCUT2D eigenvalue weighted by Crippen LogP contribution is -2.13. The van der Waals surface area contributed by atoms with Crippen LogP contribution in [0.5, 0.6) is 0 Å². The smallest absolute Gasteiger partial charge is 0.255 e. The largest absolute Gasteiger partial charge is 0.340 e. The Balaban J connectivity index is 1.56. The van der Waals surface area contributed by atoms with Crippen molar-refractivity contribution in [3.63, 3.8) is 0 Å². The van der Waals surface area contributed by atoms with Gasteiger partial charge in [-0.2, -0.15) is 0 Å². The number of aryl methyl sites for hydroxylation is 1. The third-order valence-corrected chi connectivity index (χ3v) is 4.75. The molecule has 6 heteroatoms. The Morgan fingerprint density at radius 1 is 0.964 bits per heavy atom. The highest BCUT2D eigenvalue weighted by Gasteiger charge is 2.10. The number of benzene rings is 2. The minimum absolute atomic E-state index is 0.231. The van der Waals surface area contributed by atoms with Crippen LogP contribution in [0.3, 0.4) is 0 Å². The average Bonchev–Trinajstić information content (AvgIpc) is 2.71. The van der Waals surface area contributed by atoms with Crippen molar-refractivity contribution in [3.05, 3.63) is 89.2 Å². The van der Waals surface area contributed by atoms with Crippen LogP contribution in [-0.4, -0.2) is 15.9 Å².